The highest BCUT2D eigenvalue weighted by Crippen LogP contribution is 2.30. The molecule has 46 heteroatoms. The number of amides is 19. The lowest BCUT2D eigenvalue weighted by molar-refractivity contribution is -0.149. The van der Waals surface area contributed by atoms with Crippen LogP contribution >= 0.6 is 23.1 Å². The van der Waals surface area contributed by atoms with E-state index < -0.39 is 247 Å². The largest absolute Gasteiger partial charge is 0.508 e. The third kappa shape index (κ3) is 29.7. The van der Waals surface area contributed by atoms with Crippen LogP contribution in [-0.4, -0.2) is 308 Å². The smallest absolute Gasteiger partial charge is 0.246 e. The highest BCUT2D eigenvalue weighted by atomic mass is 32.2. The van der Waals surface area contributed by atoms with Gasteiger partial charge < -0.3 is 127 Å². The van der Waals surface area contributed by atoms with Crippen molar-refractivity contribution in [2.75, 3.05) is 65.4 Å². The monoisotopic (exact) mass is 1890 g/mol. The molecule has 722 valence electrons. The molecule has 3 aromatic carbocycles. The van der Waals surface area contributed by atoms with Crippen LogP contribution in [0.1, 0.15) is 134 Å². The van der Waals surface area contributed by atoms with Gasteiger partial charge in [-0.25, -0.2) is 0 Å². The summed E-state index contributed by atoms with van der Waals surface area (Å²) in [5.41, 5.74) is 30.0. The number of hydrogen-bond donors (Lipinski definition) is 20. The average Bonchev–Trinajstić information content (AvgIpc) is 1.67. The molecule has 14 atom stereocenters. The summed E-state index contributed by atoms with van der Waals surface area (Å²) in [5, 5.41) is 60.3. The van der Waals surface area contributed by atoms with E-state index in [-0.39, 0.29) is 96.0 Å². The number of nitrogens with one attached hydrogen (secondary N) is 13. The van der Waals surface area contributed by atoms with Gasteiger partial charge in [0, 0.05) is 87.6 Å². The van der Waals surface area contributed by atoms with Crippen molar-refractivity contribution in [3.8, 4) is 5.75 Å². The third-order valence-electron chi connectivity index (χ3n) is 23.3. The second-order valence-electron chi connectivity index (χ2n) is 33.1. The van der Waals surface area contributed by atoms with Crippen LogP contribution < -0.4 is 87.2 Å². The Morgan fingerprint density at radius 2 is 0.985 bits per heavy atom. The van der Waals surface area contributed by atoms with Gasteiger partial charge >= 0.3 is 0 Å². The predicted octanol–water partition coefficient (Wildman–Crippen LogP) is -4.43. The normalized spacial score (nSPS) is 24.3. The molecule has 5 aromatic rings. The molecule has 0 aliphatic carbocycles. The fraction of sp³-hybridized carbons (Fsp3) is 0.517. The second-order valence-corrected chi connectivity index (χ2v) is 35.0. The van der Waals surface area contributed by atoms with Crippen LogP contribution in [0.5, 0.6) is 5.75 Å². The Morgan fingerprint density at radius 1 is 0.489 bits per heavy atom. The number of phenolic OH excluding ortho intramolecular Hbond substituents is 1. The number of carbonyl (C=O) groups excluding carboxylic acids is 19. The number of aromatic nitrogens is 1. The summed E-state index contributed by atoms with van der Waals surface area (Å²) < 4.78 is 0.798. The quantitative estimate of drug-likeness (QED) is 0.0141. The molecule has 0 radical (unpaired) electrons. The average molecular weight is 1890 g/mol. The molecule has 3 fully saturated rings. The Hall–Kier alpha value is -13.5. The number of aliphatic hydroxyl groups is 1. The molecule has 1 unspecified atom stereocenters. The maximum absolute atomic E-state index is 15.7. The topological polar surface area (TPSA) is 683 Å². The molecule has 0 bridgehead atoms. The first-order valence-electron chi connectivity index (χ1n) is 43.8. The number of H-pyrrole nitrogens is 1. The first-order chi connectivity index (χ1) is 63.2. The van der Waals surface area contributed by atoms with Crippen LogP contribution in [-0.2, 0) is 110 Å². The molecule has 44 nitrogen and oxygen atoms in total. The van der Waals surface area contributed by atoms with E-state index in [1.165, 1.54) is 63.7 Å². The Morgan fingerprint density at radius 3 is 1.58 bits per heavy atom. The maximum atomic E-state index is 15.7. The number of para-hydroxylation sites is 1. The van der Waals surface area contributed by atoms with Crippen molar-refractivity contribution in [3.05, 3.63) is 101 Å². The van der Waals surface area contributed by atoms with Gasteiger partial charge in [0.2, 0.25) is 112 Å². The predicted molar refractivity (Wildman–Crippen MR) is 488 cm³/mol. The third-order valence-corrected chi connectivity index (χ3v) is 25.4. The van der Waals surface area contributed by atoms with Crippen LogP contribution in [0.3, 0.4) is 0 Å². The lowest BCUT2D eigenvalue weighted by atomic mass is 10.00. The minimum atomic E-state index is -1.97. The highest BCUT2D eigenvalue weighted by molar-refractivity contribution is 8.00. The van der Waals surface area contributed by atoms with Gasteiger partial charge in [0.05, 0.1) is 38.2 Å². The Bertz CT molecular complexity index is 5090. The van der Waals surface area contributed by atoms with Crippen molar-refractivity contribution in [1.82, 2.24) is 88.0 Å². The van der Waals surface area contributed by atoms with E-state index >= 15 is 28.8 Å². The number of hydrogen-bond acceptors (Lipinski definition) is 24. The Balaban J connectivity index is 1.19. The first kappa shape index (κ1) is 105. The van der Waals surface area contributed by atoms with E-state index in [4.69, 9.17) is 34.1 Å². The van der Waals surface area contributed by atoms with Crippen LogP contribution in [0.15, 0.2) is 84.4 Å². The number of aliphatic hydroxyl groups excluding tert-OH is 1. The number of thioether (sulfide) groups is 1. The molecular formula is C87H121N23O21S2. The van der Waals surface area contributed by atoms with Crippen LogP contribution in [0.25, 0.3) is 21.0 Å². The van der Waals surface area contributed by atoms with Gasteiger partial charge in [0.25, 0.3) is 0 Å². The summed E-state index contributed by atoms with van der Waals surface area (Å²) in [5.74, 6) is -21.2. The summed E-state index contributed by atoms with van der Waals surface area (Å²) in [4.78, 5) is 282. The molecule has 8 rings (SSSR count). The lowest BCUT2D eigenvalue weighted by Crippen LogP contribution is -2.62. The standard InChI is InChI=1S/C87H121N23O21S2/c1-7-9-22-63-79(124)98-54(21-15-31-94-87(92)93)75(120)105-62(74(119)96-41-71(91)116)44-132-45-72(117)97-57(34-47-27-29-50(112)30-28-47)82(127)106(4)46(3)73(118)101-59(38-69(89)114)84(129)109-32-17-25-65(109)81(126)100-56(37-68(88)113)77(122)103-60(39-70(90)115)85(130)110-33-16-24-64(110)80(125)99-55(35-48-40-95-53-20-13-11-18-51(48)53)76(121)104-61(42-111)78(123)102-58(36-49-43-133-67-26-14-12-19-52(49)67)83(128)108(6)66(23-10-8-2)86(131)107(63)5/h11-14,18-20,26-30,40,43,46,54-66,95,111-112H,7-10,15-17,21-25,31-39,41-42,44-45H2,1-6H3,(H2,88,113)(H2,89,114)(H2,90,115)(H2,91,116)(H,96,119)(H,97,117)(H,98,124)(H,99,125)(H,100,126)(H,101,118)(H,102,123)(H,103,122)(H,104,121)(H,105,120)(H4,92,93,94)/t46-,54-,55-,56-,57-,58-,59-,60-,61-,62?,63-,64-,65-,66-/m0/s1. The number of rotatable bonds is 26. The van der Waals surface area contributed by atoms with Crippen LogP contribution in [0.2, 0.25) is 0 Å². The fourth-order valence-electron chi connectivity index (χ4n) is 16.0. The van der Waals surface area contributed by atoms with Crippen LogP contribution in [0.4, 0.5) is 0 Å². The molecular weight excluding hydrogens is 1770 g/mol. The minimum absolute atomic E-state index is 0.0172. The number of unbranched alkanes of at least 4 members (excludes halogenated alkanes) is 2. The van der Waals surface area contributed by atoms with E-state index in [1.54, 1.807) is 54.0 Å². The number of aromatic amines is 1. The van der Waals surface area contributed by atoms with Gasteiger partial charge in [-0.15, -0.1) is 23.1 Å². The summed E-state index contributed by atoms with van der Waals surface area (Å²) >= 11 is 2.07. The molecule has 3 aliphatic rings. The van der Waals surface area contributed by atoms with Gasteiger partial charge in [-0.3, -0.25) is 96.5 Å². The second kappa shape index (κ2) is 50.2. The number of carbonyl (C=O) groups is 19. The summed E-state index contributed by atoms with van der Waals surface area (Å²) in [6, 6.07) is -3.41. The van der Waals surface area contributed by atoms with E-state index in [1.807, 2.05) is 19.9 Å². The zero-order valence-corrected chi connectivity index (χ0v) is 76.6. The molecule has 5 heterocycles. The lowest BCUT2D eigenvalue weighted by Gasteiger charge is -2.36. The van der Waals surface area contributed by atoms with Crippen molar-refractivity contribution < 1.29 is 101 Å². The molecule has 25 N–H and O–H groups in total. The Kier molecular flexibility index (Phi) is 39.6. The fourth-order valence-corrected chi connectivity index (χ4v) is 17.8. The van der Waals surface area contributed by atoms with Crippen molar-refractivity contribution >= 4 is 162 Å². The SMILES string of the molecule is CCCC[C@H]1C(=O)N(C)[C@@H](CCCC)C(=O)N[C@@H](CCCNC(=N)N)C(=O)NC(C(=O)NCC(N)=O)CSCC(=O)N[C@@H](Cc2ccc(O)cc2)C(=O)N(C)[C@@H](C)C(=O)N[C@@H](CC(N)=O)C(=O)N2CCC[C@H]2C(=O)N[C@@H](CC(N)=O)C(=O)N[C@@H](CC(N)=O)C(=O)N2CCC[C@H]2C(=O)N[C@@H](Cc2c[nH]c3ccccc23)C(=O)N[C@@H](CO)C(=O)N[C@@H](Cc2csc3ccccc23)C(=O)N1C. The van der Waals surface area contributed by atoms with E-state index in [0.717, 1.165) is 41.0 Å². The molecule has 0 saturated carbocycles. The van der Waals surface area contributed by atoms with Gasteiger partial charge in [-0.2, -0.15) is 0 Å². The number of nitrogens with zero attached hydrogens (tertiary/aromatic N) is 5. The number of phenols is 1. The zero-order valence-electron chi connectivity index (χ0n) is 74.9. The van der Waals surface area contributed by atoms with E-state index in [9.17, 15) is 72.5 Å². The van der Waals surface area contributed by atoms with Crippen molar-refractivity contribution in [3.63, 3.8) is 0 Å². The zero-order chi connectivity index (χ0) is 97.6. The number of benzene rings is 3. The van der Waals surface area contributed by atoms with Crippen molar-refractivity contribution in [1.29, 1.82) is 5.41 Å². The minimum Gasteiger partial charge on any atom is -0.508 e. The number of nitrogens with two attached hydrogens (primary N) is 5. The number of fused-ring (bicyclic) bond motifs is 4. The maximum Gasteiger partial charge on any atom is 0.246 e. The molecule has 0 spiro atoms. The number of primary amides is 4. The number of likely N-dealkylation sites (N-methyl/N-ethyl adjacent to an activating group) is 3. The van der Waals surface area contributed by atoms with Gasteiger partial charge in [0.15, 0.2) is 5.96 Å². The van der Waals surface area contributed by atoms with Crippen molar-refractivity contribution in [2.45, 2.75) is 221 Å². The van der Waals surface area contributed by atoms with Gasteiger partial charge in [-0.1, -0.05) is 88.1 Å². The molecule has 3 saturated heterocycles. The van der Waals surface area contributed by atoms with Gasteiger partial charge in [0.1, 0.15) is 90.3 Å². The van der Waals surface area contributed by atoms with Crippen LogP contribution in [0, 0.1) is 5.41 Å². The van der Waals surface area contributed by atoms with E-state index in [0.29, 0.717) is 58.7 Å². The van der Waals surface area contributed by atoms with Crippen molar-refractivity contribution in [2.24, 2.45) is 28.7 Å². The number of thiophene rings is 1. The summed E-state index contributed by atoms with van der Waals surface area (Å²) in [7, 11) is 3.85. The molecule has 3 aliphatic heterocycles. The number of aromatic hydroxyl groups is 1. The van der Waals surface area contributed by atoms with Gasteiger partial charge in [-0.05, 0) is 110 Å². The first-order valence-corrected chi connectivity index (χ1v) is 45.9. The number of guanidine groups is 1. The molecule has 19 amide bonds. The highest BCUT2D eigenvalue weighted by Gasteiger charge is 2.46. The Labute approximate surface area is 774 Å². The summed E-state index contributed by atoms with van der Waals surface area (Å²) in [6.07, 6.45) is -0.756. The van der Waals surface area contributed by atoms with E-state index in [2.05, 4.69) is 63.5 Å². The molecule has 133 heavy (non-hydrogen) atoms. The summed E-state index contributed by atoms with van der Waals surface area (Å²) in [6.45, 7) is 2.59. The molecule has 2 aromatic heterocycles.